The molecule has 146 valence electrons. The molecule has 6 heteroatoms. The molecule has 2 aromatic rings. The van der Waals surface area contributed by atoms with Crippen LogP contribution in [0.4, 0.5) is 5.69 Å². The monoisotopic (exact) mass is 381 g/mol. The number of hydrogen-bond acceptors (Lipinski definition) is 5. The predicted molar refractivity (Wildman–Crippen MR) is 106 cm³/mol. The molecule has 2 aromatic carbocycles. The summed E-state index contributed by atoms with van der Waals surface area (Å²) in [4.78, 5) is 24.1. The first-order valence-corrected chi connectivity index (χ1v) is 9.08. The molecule has 28 heavy (non-hydrogen) atoms. The van der Waals surface area contributed by atoms with Crippen LogP contribution in [0.3, 0.4) is 0 Å². The van der Waals surface area contributed by atoms with Crippen LogP contribution in [0, 0.1) is 6.92 Å². The van der Waals surface area contributed by atoms with Gasteiger partial charge in [-0.05, 0) is 47.7 Å². The molecule has 0 bridgehead atoms. The van der Waals surface area contributed by atoms with E-state index in [1.165, 1.54) is 6.08 Å². The molecule has 0 aromatic heterocycles. The third kappa shape index (κ3) is 4.71. The molecule has 1 N–H and O–H groups in total. The number of carbonyl (C=O) groups is 2. The third-order valence-corrected chi connectivity index (χ3v) is 4.35. The maximum Gasteiger partial charge on any atom is 0.331 e. The van der Waals surface area contributed by atoms with E-state index in [-0.39, 0.29) is 25.2 Å². The van der Waals surface area contributed by atoms with Gasteiger partial charge in [-0.2, -0.15) is 0 Å². The quantitative estimate of drug-likeness (QED) is 0.604. The van der Waals surface area contributed by atoms with Crippen LogP contribution in [0.15, 0.2) is 42.5 Å². The van der Waals surface area contributed by atoms with Crippen molar-refractivity contribution in [2.24, 2.45) is 0 Å². The predicted octanol–water partition coefficient (Wildman–Crippen LogP) is 4.04. The second-order valence-corrected chi connectivity index (χ2v) is 6.80. The lowest BCUT2D eigenvalue weighted by atomic mass is 9.98. The SMILES string of the molecule is Cc1cccc(C(C)C)c1NC(=O)COC(=O)C=Cc1ccc2c(c1)OCO2. The highest BCUT2D eigenvalue weighted by Gasteiger charge is 2.14. The van der Waals surface area contributed by atoms with Gasteiger partial charge in [0.15, 0.2) is 18.1 Å². The van der Waals surface area contributed by atoms with E-state index in [1.807, 2.05) is 25.1 Å². The van der Waals surface area contributed by atoms with E-state index < -0.39 is 5.97 Å². The number of para-hydroxylation sites is 1. The Morgan fingerprint density at radius 3 is 2.75 bits per heavy atom. The number of hydrogen-bond donors (Lipinski definition) is 1. The normalized spacial score (nSPS) is 12.4. The number of fused-ring (bicyclic) bond motifs is 1. The zero-order valence-electron chi connectivity index (χ0n) is 16.2. The minimum atomic E-state index is -0.596. The molecule has 1 amide bonds. The smallest absolute Gasteiger partial charge is 0.331 e. The van der Waals surface area contributed by atoms with Gasteiger partial charge in [-0.3, -0.25) is 4.79 Å². The number of carbonyl (C=O) groups excluding carboxylic acids is 2. The molecule has 0 unspecified atom stereocenters. The summed E-state index contributed by atoms with van der Waals surface area (Å²) in [6, 6.07) is 11.2. The number of benzene rings is 2. The molecule has 0 saturated heterocycles. The summed E-state index contributed by atoms with van der Waals surface area (Å²) in [6.07, 6.45) is 2.87. The lowest BCUT2D eigenvalue weighted by Gasteiger charge is -2.16. The summed E-state index contributed by atoms with van der Waals surface area (Å²) in [5.41, 5.74) is 3.55. The molecule has 0 aliphatic carbocycles. The number of rotatable bonds is 6. The second kappa shape index (κ2) is 8.61. The van der Waals surface area contributed by atoms with Crippen LogP contribution in [-0.2, 0) is 14.3 Å². The van der Waals surface area contributed by atoms with Crippen molar-refractivity contribution in [1.82, 2.24) is 0 Å². The first kappa shape index (κ1) is 19.5. The van der Waals surface area contributed by atoms with Crippen molar-refractivity contribution in [2.75, 3.05) is 18.7 Å². The molecule has 1 aliphatic rings. The average Bonchev–Trinajstić information content (AvgIpc) is 3.14. The highest BCUT2D eigenvalue weighted by Crippen LogP contribution is 2.32. The lowest BCUT2D eigenvalue weighted by Crippen LogP contribution is -2.21. The zero-order valence-corrected chi connectivity index (χ0v) is 16.2. The Labute approximate surface area is 164 Å². The first-order valence-electron chi connectivity index (χ1n) is 9.08. The fourth-order valence-corrected chi connectivity index (χ4v) is 2.88. The van der Waals surface area contributed by atoms with Crippen molar-refractivity contribution in [3.8, 4) is 11.5 Å². The van der Waals surface area contributed by atoms with Crippen molar-refractivity contribution in [3.63, 3.8) is 0 Å². The van der Waals surface area contributed by atoms with Crippen molar-refractivity contribution in [1.29, 1.82) is 0 Å². The van der Waals surface area contributed by atoms with Crippen LogP contribution in [0.5, 0.6) is 11.5 Å². The summed E-state index contributed by atoms with van der Waals surface area (Å²) in [6.45, 7) is 5.90. The lowest BCUT2D eigenvalue weighted by molar-refractivity contribution is -0.142. The van der Waals surface area contributed by atoms with Crippen molar-refractivity contribution in [3.05, 3.63) is 59.2 Å². The molecule has 0 fully saturated rings. The van der Waals surface area contributed by atoms with Crippen LogP contribution in [-0.4, -0.2) is 25.3 Å². The second-order valence-electron chi connectivity index (χ2n) is 6.80. The summed E-state index contributed by atoms with van der Waals surface area (Å²) >= 11 is 0. The van der Waals surface area contributed by atoms with Crippen LogP contribution >= 0.6 is 0 Å². The van der Waals surface area contributed by atoms with Gasteiger partial charge in [0.25, 0.3) is 5.91 Å². The standard InChI is InChI=1S/C22H23NO5/c1-14(2)17-6-4-5-15(3)22(17)23-20(24)12-26-21(25)10-8-16-7-9-18-19(11-16)28-13-27-18/h4-11,14H,12-13H2,1-3H3,(H,23,24). The highest BCUT2D eigenvalue weighted by atomic mass is 16.7. The van der Waals surface area contributed by atoms with E-state index >= 15 is 0 Å². The third-order valence-electron chi connectivity index (χ3n) is 4.35. The van der Waals surface area contributed by atoms with Crippen LogP contribution in [0.1, 0.15) is 36.5 Å². The minimum Gasteiger partial charge on any atom is -0.454 e. The Hall–Kier alpha value is -3.28. The molecular weight excluding hydrogens is 358 g/mol. The number of esters is 1. The molecule has 0 atom stereocenters. The molecular formula is C22H23NO5. The van der Waals surface area contributed by atoms with E-state index in [0.29, 0.717) is 11.5 Å². The van der Waals surface area contributed by atoms with Gasteiger partial charge in [-0.15, -0.1) is 0 Å². The van der Waals surface area contributed by atoms with E-state index in [4.69, 9.17) is 14.2 Å². The summed E-state index contributed by atoms with van der Waals surface area (Å²) < 4.78 is 15.6. The fourth-order valence-electron chi connectivity index (χ4n) is 2.88. The highest BCUT2D eigenvalue weighted by molar-refractivity contribution is 5.95. The Balaban J connectivity index is 1.54. The molecule has 0 radical (unpaired) electrons. The molecule has 1 aliphatic heterocycles. The largest absolute Gasteiger partial charge is 0.454 e. The first-order chi connectivity index (χ1) is 13.4. The van der Waals surface area contributed by atoms with Gasteiger partial charge in [-0.25, -0.2) is 4.79 Å². The zero-order chi connectivity index (χ0) is 20.1. The topological polar surface area (TPSA) is 73.9 Å². The van der Waals surface area contributed by atoms with Gasteiger partial charge in [0.1, 0.15) is 0 Å². The van der Waals surface area contributed by atoms with E-state index in [9.17, 15) is 9.59 Å². The molecule has 0 saturated carbocycles. The van der Waals surface area contributed by atoms with Crippen molar-refractivity contribution in [2.45, 2.75) is 26.7 Å². The molecule has 1 heterocycles. The van der Waals surface area contributed by atoms with E-state index in [0.717, 1.165) is 22.4 Å². The van der Waals surface area contributed by atoms with Gasteiger partial charge in [0.2, 0.25) is 6.79 Å². The summed E-state index contributed by atoms with van der Waals surface area (Å²) in [5, 5.41) is 2.85. The Kier molecular flexibility index (Phi) is 5.99. The summed E-state index contributed by atoms with van der Waals surface area (Å²) in [7, 11) is 0. The van der Waals surface area contributed by atoms with Gasteiger partial charge in [0, 0.05) is 11.8 Å². The average molecular weight is 381 g/mol. The van der Waals surface area contributed by atoms with Crippen molar-refractivity contribution >= 4 is 23.6 Å². The van der Waals surface area contributed by atoms with Crippen LogP contribution < -0.4 is 14.8 Å². The minimum absolute atomic E-state index is 0.194. The van der Waals surface area contributed by atoms with Gasteiger partial charge in [0.05, 0.1) is 0 Å². The van der Waals surface area contributed by atoms with E-state index in [2.05, 4.69) is 19.2 Å². The Morgan fingerprint density at radius 1 is 1.18 bits per heavy atom. The van der Waals surface area contributed by atoms with Crippen LogP contribution in [0.25, 0.3) is 6.08 Å². The Morgan fingerprint density at radius 2 is 1.96 bits per heavy atom. The Bertz CT molecular complexity index is 917. The van der Waals surface area contributed by atoms with E-state index in [1.54, 1.807) is 24.3 Å². The van der Waals surface area contributed by atoms with Gasteiger partial charge >= 0.3 is 5.97 Å². The molecule has 3 rings (SSSR count). The number of ether oxygens (including phenoxy) is 3. The number of amides is 1. The molecule has 0 spiro atoms. The number of aryl methyl sites for hydroxylation is 1. The van der Waals surface area contributed by atoms with Crippen molar-refractivity contribution < 1.29 is 23.8 Å². The number of anilines is 1. The maximum absolute atomic E-state index is 12.2. The molecule has 6 nitrogen and oxygen atoms in total. The van der Waals surface area contributed by atoms with Crippen LogP contribution in [0.2, 0.25) is 0 Å². The van der Waals surface area contributed by atoms with Gasteiger partial charge < -0.3 is 19.5 Å². The summed E-state index contributed by atoms with van der Waals surface area (Å²) in [5.74, 6) is 0.604. The fraction of sp³-hybridized carbons (Fsp3) is 0.273. The number of nitrogens with one attached hydrogen (secondary N) is 1. The van der Waals surface area contributed by atoms with Gasteiger partial charge in [-0.1, -0.05) is 38.1 Å². The maximum atomic E-state index is 12.2.